The Morgan fingerprint density at radius 2 is 1.88 bits per heavy atom. The van der Waals surface area contributed by atoms with Crippen molar-refractivity contribution in [3.8, 4) is 0 Å². The number of rotatable bonds is 2. The molecule has 1 saturated heterocycles. The summed E-state index contributed by atoms with van der Waals surface area (Å²) >= 11 is 0. The zero-order valence-corrected chi connectivity index (χ0v) is 9.50. The van der Waals surface area contributed by atoms with Gasteiger partial charge in [-0.1, -0.05) is 36.4 Å². The van der Waals surface area contributed by atoms with Crippen molar-refractivity contribution in [2.24, 2.45) is 0 Å². The average Bonchev–Trinajstić information content (AvgIpc) is 2.87. The fourth-order valence-electron chi connectivity index (χ4n) is 2.42. The quantitative estimate of drug-likeness (QED) is 0.735. The van der Waals surface area contributed by atoms with Crippen LogP contribution in [0.3, 0.4) is 0 Å². The molecule has 0 unspecified atom stereocenters. The molecule has 0 saturated carbocycles. The molecule has 0 N–H and O–H groups in total. The highest BCUT2D eigenvalue weighted by molar-refractivity contribution is 5.83. The van der Waals surface area contributed by atoms with Gasteiger partial charge in [0, 0.05) is 0 Å². The maximum atomic E-state index is 10.7. The topological polar surface area (TPSA) is 26.3 Å². The van der Waals surface area contributed by atoms with E-state index in [1.54, 1.807) is 0 Å². The number of carbonyl (C=O) groups excluding carboxylic acids is 1. The minimum Gasteiger partial charge on any atom is -0.363 e. The summed E-state index contributed by atoms with van der Waals surface area (Å²) in [6, 6.07) is 14.6. The predicted octanol–water partition coefficient (Wildman–Crippen LogP) is 3.26. The van der Waals surface area contributed by atoms with Crippen LogP contribution in [0, 0.1) is 0 Å². The zero-order chi connectivity index (χ0) is 11.7. The number of hydrogen-bond acceptors (Lipinski definition) is 2. The van der Waals surface area contributed by atoms with Crippen LogP contribution in [-0.2, 0) is 9.53 Å². The summed E-state index contributed by atoms with van der Waals surface area (Å²) in [5, 5.41) is 2.46. The third-order valence-electron chi connectivity index (χ3n) is 3.35. The standard InChI is InChI=1S/C15H14O2/c16-10-14-7-8-15(17-14)13-6-5-11-3-1-2-4-12(11)9-13/h1-6,9-10,14-15H,7-8H2/t14-,15-/m0/s1. The van der Waals surface area contributed by atoms with Crippen LogP contribution in [0.5, 0.6) is 0 Å². The third kappa shape index (κ3) is 1.96. The smallest absolute Gasteiger partial charge is 0.148 e. The van der Waals surface area contributed by atoms with Crippen molar-refractivity contribution in [3.63, 3.8) is 0 Å². The zero-order valence-electron chi connectivity index (χ0n) is 9.50. The summed E-state index contributed by atoms with van der Waals surface area (Å²) in [5.74, 6) is 0. The summed E-state index contributed by atoms with van der Waals surface area (Å²) in [5.41, 5.74) is 1.17. The normalized spacial score (nSPS) is 24.0. The SMILES string of the molecule is O=C[C@@H]1CC[C@@H](c2ccc3ccccc3c2)O1. The second-order valence-corrected chi connectivity index (χ2v) is 4.48. The first-order valence-corrected chi connectivity index (χ1v) is 5.96. The number of aldehydes is 1. The highest BCUT2D eigenvalue weighted by Crippen LogP contribution is 2.33. The Morgan fingerprint density at radius 1 is 1.06 bits per heavy atom. The maximum Gasteiger partial charge on any atom is 0.148 e. The molecule has 1 heterocycles. The van der Waals surface area contributed by atoms with E-state index in [0.29, 0.717) is 0 Å². The van der Waals surface area contributed by atoms with Crippen LogP contribution in [0.4, 0.5) is 0 Å². The van der Waals surface area contributed by atoms with Gasteiger partial charge in [0.05, 0.1) is 6.10 Å². The van der Waals surface area contributed by atoms with E-state index in [0.717, 1.165) is 19.1 Å². The molecule has 17 heavy (non-hydrogen) atoms. The monoisotopic (exact) mass is 226 g/mol. The first-order chi connectivity index (χ1) is 8.36. The first kappa shape index (κ1) is 10.5. The van der Waals surface area contributed by atoms with E-state index in [4.69, 9.17) is 4.74 Å². The summed E-state index contributed by atoms with van der Waals surface area (Å²) in [6.07, 6.45) is 2.53. The number of fused-ring (bicyclic) bond motifs is 1. The Kier molecular flexibility index (Phi) is 2.65. The lowest BCUT2D eigenvalue weighted by molar-refractivity contribution is -0.117. The second-order valence-electron chi connectivity index (χ2n) is 4.48. The minimum atomic E-state index is -0.216. The van der Waals surface area contributed by atoms with Crippen LogP contribution in [0.25, 0.3) is 10.8 Å². The van der Waals surface area contributed by atoms with E-state index >= 15 is 0 Å². The molecule has 2 aromatic rings. The Bertz CT molecular complexity index is 547. The van der Waals surface area contributed by atoms with Crippen molar-refractivity contribution in [1.82, 2.24) is 0 Å². The summed E-state index contributed by atoms with van der Waals surface area (Å²) in [6.45, 7) is 0. The Morgan fingerprint density at radius 3 is 2.65 bits per heavy atom. The Labute approximate surface area is 100 Å². The van der Waals surface area contributed by atoms with Gasteiger partial charge in [-0.25, -0.2) is 0 Å². The molecule has 2 heteroatoms. The van der Waals surface area contributed by atoms with Gasteiger partial charge in [0.15, 0.2) is 0 Å². The van der Waals surface area contributed by atoms with Gasteiger partial charge < -0.3 is 9.53 Å². The average molecular weight is 226 g/mol. The molecule has 1 fully saturated rings. The van der Waals surface area contributed by atoms with Crippen LogP contribution in [0.1, 0.15) is 24.5 Å². The van der Waals surface area contributed by atoms with Crippen molar-refractivity contribution >= 4 is 17.1 Å². The van der Waals surface area contributed by atoms with Crippen LogP contribution in [0.15, 0.2) is 42.5 Å². The summed E-state index contributed by atoms with van der Waals surface area (Å²) < 4.78 is 5.68. The highest BCUT2D eigenvalue weighted by atomic mass is 16.5. The molecule has 2 aromatic carbocycles. The molecular weight excluding hydrogens is 212 g/mol. The van der Waals surface area contributed by atoms with Gasteiger partial charge in [-0.2, -0.15) is 0 Å². The lowest BCUT2D eigenvalue weighted by Crippen LogP contribution is -2.07. The highest BCUT2D eigenvalue weighted by Gasteiger charge is 2.25. The first-order valence-electron chi connectivity index (χ1n) is 5.96. The maximum absolute atomic E-state index is 10.7. The largest absolute Gasteiger partial charge is 0.363 e. The van der Waals surface area contributed by atoms with Gasteiger partial charge in [-0.05, 0) is 35.2 Å². The van der Waals surface area contributed by atoms with Gasteiger partial charge in [0.1, 0.15) is 12.4 Å². The van der Waals surface area contributed by atoms with Crippen LogP contribution < -0.4 is 0 Å². The number of carbonyl (C=O) groups is 1. The molecule has 86 valence electrons. The molecule has 1 aliphatic rings. The molecule has 0 aromatic heterocycles. The fraction of sp³-hybridized carbons (Fsp3) is 0.267. The van der Waals surface area contributed by atoms with Gasteiger partial charge in [0.25, 0.3) is 0 Å². The van der Waals surface area contributed by atoms with Gasteiger partial charge in [-0.15, -0.1) is 0 Å². The third-order valence-corrected chi connectivity index (χ3v) is 3.35. The van der Waals surface area contributed by atoms with Crippen LogP contribution >= 0.6 is 0 Å². The molecule has 2 atom stereocenters. The molecule has 0 aliphatic carbocycles. The Hall–Kier alpha value is -1.67. The van der Waals surface area contributed by atoms with Crippen LogP contribution in [-0.4, -0.2) is 12.4 Å². The van der Waals surface area contributed by atoms with E-state index in [-0.39, 0.29) is 12.2 Å². The molecule has 0 radical (unpaired) electrons. The van der Waals surface area contributed by atoms with Crippen molar-refractivity contribution in [2.75, 3.05) is 0 Å². The second kappa shape index (κ2) is 4.30. The van der Waals surface area contributed by atoms with Crippen molar-refractivity contribution < 1.29 is 9.53 Å². The summed E-state index contributed by atoms with van der Waals surface area (Å²) in [7, 11) is 0. The van der Waals surface area contributed by atoms with E-state index in [2.05, 4.69) is 30.3 Å². The van der Waals surface area contributed by atoms with Gasteiger partial charge in [0.2, 0.25) is 0 Å². The van der Waals surface area contributed by atoms with Gasteiger partial charge in [-0.3, -0.25) is 0 Å². The van der Waals surface area contributed by atoms with E-state index in [1.807, 2.05) is 12.1 Å². The lowest BCUT2D eigenvalue weighted by Gasteiger charge is -2.11. The minimum absolute atomic E-state index is 0.0785. The van der Waals surface area contributed by atoms with Crippen LogP contribution in [0.2, 0.25) is 0 Å². The van der Waals surface area contributed by atoms with E-state index in [9.17, 15) is 4.79 Å². The molecule has 3 rings (SSSR count). The van der Waals surface area contributed by atoms with E-state index in [1.165, 1.54) is 16.3 Å². The van der Waals surface area contributed by atoms with Crippen molar-refractivity contribution in [3.05, 3.63) is 48.0 Å². The number of benzene rings is 2. The lowest BCUT2D eigenvalue weighted by atomic mass is 10.0. The van der Waals surface area contributed by atoms with Gasteiger partial charge >= 0.3 is 0 Å². The summed E-state index contributed by atoms with van der Waals surface area (Å²) in [4.78, 5) is 10.7. The molecular formula is C15H14O2. The Balaban J connectivity index is 1.93. The predicted molar refractivity (Wildman–Crippen MR) is 66.9 cm³/mol. The fourth-order valence-corrected chi connectivity index (χ4v) is 2.42. The van der Waals surface area contributed by atoms with Crippen molar-refractivity contribution in [1.29, 1.82) is 0 Å². The molecule has 0 bridgehead atoms. The molecule has 0 spiro atoms. The number of hydrogen-bond donors (Lipinski definition) is 0. The molecule has 0 amide bonds. The molecule has 1 aliphatic heterocycles. The molecule has 2 nitrogen and oxygen atoms in total. The number of ether oxygens (including phenoxy) is 1. The van der Waals surface area contributed by atoms with E-state index < -0.39 is 0 Å². The van der Waals surface area contributed by atoms with Crippen molar-refractivity contribution in [2.45, 2.75) is 25.0 Å².